The summed E-state index contributed by atoms with van der Waals surface area (Å²) in [6, 6.07) is 23.7. The average Bonchev–Trinajstić information content (AvgIpc) is 1.35. The van der Waals surface area contributed by atoms with Crippen molar-refractivity contribution in [1.29, 1.82) is 0 Å². The highest BCUT2D eigenvalue weighted by atomic mass is 32.2. The van der Waals surface area contributed by atoms with E-state index in [0.717, 1.165) is 0 Å². The lowest BCUT2D eigenvalue weighted by molar-refractivity contribution is -0.275. The Morgan fingerprint density at radius 1 is 0.281 bits per heavy atom. The Kier molecular flexibility index (Phi) is 56.9. The van der Waals surface area contributed by atoms with Crippen LogP contribution in [0.5, 0.6) is 0 Å². The molecule has 0 bridgehead atoms. The van der Waals surface area contributed by atoms with Crippen molar-refractivity contribution in [2.45, 2.75) is 441 Å². The first-order chi connectivity index (χ1) is 43.8. The molecule has 0 atom stereocenters. The lowest BCUT2D eigenvalue weighted by atomic mass is 9.94. The van der Waals surface area contributed by atoms with E-state index >= 15 is 0 Å². The van der Waals surface area contributed by atoms with Gasteiger partial charge in [-0.3, -0.25) is 0 Å². The van der Waals surface area contributed by atoms with Crippen LogP contribution in [0.2, 0.25) is 0 Å². The Labute approximate surface area is 558 Å². The zero-order chi connectivity index (χ0) is 64.1. The Morgan fingerprint density at radius 3 is 0.640 bits per heavy atom. The van der Waals surface area contributed by atoms with Crippen LogP contribution >= 0.6 is 0 Å². The van der Waals surface area contributed by atoms with Crippen LogP contribution in [0.1, 0.15) is 422 Å². The molecule has 0 unspecified atom stereocenters. The second-order valence-electron chi connectivity index (χ2n) is 27.8. The standard InChI is InChI=1S/C84H147S.CH2O3/c1-7-13-19-25-31-37-43-49-56-64-76-72-78(66-58-51-45-39-33-27-21-15-9-3)83(79(73-76)67-59-52-46-40-34-28-22-16-10-4)85(82-70-62-55-63-71-82)84-80(68-60-53-47-41-35-29-23-17-11-5)74-77(65-57-50-44-38-32-26-20-14-8-2)75-81(84)69-61-54-48-42-36-30-24-18-12-6;2-1(3)4/h55,62-63,70-75H,7-54,56-61,64-69H2,1-6H3;(H2,2,3,4)/q+1;/p-1. The van der Waals surface area contributed by atoms with Gasteiger partial charge in [-0.05, 0) is 100 Å². The van der Waals surface area contributed by atoms with Gasteiger partial charge in [0.25, 0.3) is 0 Å². The molecule has 0 aliphatic carbocycles. The van der Waals surface area contributed by atoms with Crippen LogP contribution in [-0.2, 0) is 49.4 Å². The summed E-state index contributed by atoms with van der Waals surface area (Å²) < 4.78 is 0. The van der Waals surface area contributed by atoms with E-state index in [1.807, 2.05) is 0 Å². The van der Waals surface area contributed by atoms with Crippen molar-refractivity contribution in [3.63, 3.8) is 0 Å². The smallest absolute Gasteiger partial charge is 0.249 e. The third-order valence-corrected chi connectivity index (χ3v) is 21.9. The number of unbranched alkanes of at least 4 members (excludes halogenated alkanes) is 48. The van der Waals surface area contributed by atoms with Crippen LogP contribution < -0.4 is 5.11 Å². The molecule has 0 heterocycles. The average molecular weight is 1250 g/mol. The van der Waals surface area contributed by atoms with Gasteiger partial charge >= 0.3 is 0 Å². The molecule has 3 aromatic rings. The van der Waals surface area contributed by atoms with Gasteiger partial charge in [-0.1, -0.05) is 392 Å². The van der Waals surface area contributed by atoms with Gasteiger partial charge in [-0.2, -0.15) is 0 Å². The van der Waals surface area contributed by atoms with Crippen molar-refractivity contribution in [2.75, 3.05) is 0 Å². The molecule has 0 spiro atoms. The number of hydrogen-bond donors (Lipinski definition) is 1. The second-order valence-corrected chi connectivity index (χ2v) is 29.7. The van der Waals surface area contributed by atoms with Gasteiger partial charge < -0.3 is 15.0 Å². The maximum atomic E-state index is 8.44. The molecule has 0 saturated heterocycles. The summed E-state index contributed by atoms with van der Waals surface area (Å²) >= 11 is 0. The van der Waals surface area contributed by atoms with E-state index < -0.39 is 6.16 Å². The van der Waals surface area contributed by atoms with Gasteiger partial charge in [0, 0.05) is 22.3 Å². The minimum Gasteiger partial charge on any atom is -0.565 e. The molecule has 0 radical (unpaired) electrons. The number of rotatable bonds is 63. The number of hydrogen-bond acceptors (Lipinski definition) is 2. The van der Waals surface area contributed by atoms with Crippen LogP contribution in [-0.4, -0.2) is 11.3 Å². The van der Waals surface area contributed by atoms with Crippen LogP contribution in [0.25, 0.3) is 0 Å². The first-order valence-electron chi connectivity index (χ1n) is 39.8. The predicted molar refractivity (Wildman–Crippen MR) is 395 cm³/mol. The summed E-state index contributed by atoms with van der Waals surface area (Å²) in [4.78, 5) is 13.6. The maximum Gasteiger partial charge on any atom is 0.249 e. The summed E-state index contributed by atoms with van der Waals surface area (Å²) in [5.41, 5.74) is 10.3. The molecule has 3 aromatic carbocycles. The number of carbonyl (C=O) groups is 1. The van der Waals surface area contributed by atoms with Gasteiger partial charge in [0.1, 0.15) is 10.9 Å². The Bertz CT molecular complexity index is 1800. The van der Waals surface area contributed by atoms with Crippen LogP contribution in [0.15, 0.2) is 69.3 Å². The summed E-state index contributed by atoms with van der Waals surface area (Å²) in [6.45, 7) is 14.1. The molecule has 3 nitrogen and oxygen atoms in total. The summed E-state index contributed by atoms with van der Waals surface area (Å²) in [6.07, 6.45) is 81.0. The number of carboxylic acid groups (broad SMARTS) is 2. The molecule has 89 heavy (non-hydrogen) atoms. The molecule has 4 heteroatoms. The molecule has 0 aromatic heterocycles. The molecule has 0 fully saturated rings. The van der Waals surface area contributed by atoms with Gasteiger partial charge in [0.2, 0.25) is 6.16 Å². The van der Waals surface area contributed by atoms with Crippen molar-refractivity contribution in [2.24, 2.45) is 0 Å². The van der Waals surface area contributed by atoms with Crippen molar-refractivity contribution < 1.29 is 15.0 Å². The topological polar surface area (TPSA) is 60.4 Å². The van der Waals surface area contributed by atoms with E-state index in [1.54, 1.807) is 48.1 Å². The first-order valence-corrected chi connectivity index (χ1v) is 41.1. The minimum atomic E-state index is -2.08. The van der Waals surface area contributed by atoms with Crippen molar-refractivity contribution in [1.82, 2.24) is 0 Å². The molecule has 3 rings (SSSR count). The normalized spacial score (nSPS) is 11.5. The quantitative estimate of drug-likeness (QED) is 0.0453. The number of benzene rings is 3. The van der Waals surface area contributed by atoms with Crippen LogP contribution in [0.3, 0.4) is 0 Å². The molecule has 0 aliphatic rings. The van der Waals surface area contributed by atoms with Gasteiger partial charge in [0.15, 0.2) is 14.7 Å². The first kappa shape index (κ1) is 82.4. The summed E-state index contributed by atoms with van der Waals surface area (Å²) in [5, 5.41) is 15.3. The fourth-order valence-corrected chi connectivity index (χ4v) is 16.7. The van der Waals surface area contributed by atoms with E-state index in [9.17, 15) is 0 Å². The van der Waals surface area contributed by atoms with Crippen molar-refractivity contribution in [3.05, 3.63) is 88.0 Å². The maximum absolute atomic E-state index is 8.44. The molecular formula is C85H148O3S. The highest BCUT2D eigenvalue weighted by Crippen LogP contribution is 2.43. The van der Waals surface area contributed by atoms with E-state index in [4.69, 9.17) is 15.0 Å². The molecule has 1 N–H and O–H groups in total. The molecule has 0 saturated carbocycles. The lowest BCUT2D eigenvalue weighted by Gasteiger charge is -2.23. The largest absolute Gasteiger partial charge is 0.565 e. The zero-order valence-corrected chi connectivity index (χ0v) is 61.1. The van der Waals surface area contributed by atoms with E-state index in [2.05, 4.69) is 96.1 Å². The van der Waals surface area contributed by atoms with Gasteiger partial charge in [0.05, 0.1) is 0 Å². The Balaban J connectivity index is 0.00000654. The molecular weight excluding hydrogens is 1100 g/mol. The van der Waals surface area contributed by atoms with Crippen molar-refractivity contribution >= 4 is 17.1 Å². The third kappa shape index (κ3) is 44.5. The fourth-order valence-electron chi connectivity index (χ4n) is 13.9. The second kappa shape index (κ2) is 61.5. The third-order valence-electron chi connectivity index (χ3n) is 19.3. The van der Waals surface area contributed by atoms with Gasteiger partial charge in [-0.15, -0.1) is 0 Å². The fraction of sp³-hybridized carbons (Fsp3) is 0.776. The zero-order valence-electron chi connectivity index (χ0n) is 60.3. The van der Waals surface area contributed by atoms with Crippen LogP contribution in [0, 0.1) is 0 Å². The van der Waals surface area contributed by atoms with Crippen LogP contribution in [0.4, 0.5) is 4.79 Å². The summed E-state index contributed by atoms with van der Waals surface area (Å²) in [7, 11) is -0.160. The monoisotopic (exact) mass is 1250 g/mol. The molecule has 0 aliphatic heterocycles. The summed E-state index contributed by atoms with van der Waals surface area (Å²) in [5.74, 6) is 0. The number of aryl methyl sites for hydroxylation is 6. The highest BCUT2D eigenvalue weighted by molar-refractivity contribution is 7.97. The Hall–Kier alpha value is -2.72. The lowest BCUT2D eigenvalue weighted by Crippen LogP contribution is -2.17. The Morgan fingerprint density at radius 2 is 0.449 bits per heavy atom. The van der Waals surface area contributed by atoms with Gasteiger partial charge in [-0.25, -0.2) is 0 Å². The van der Waals surface area contributed by atoms with E-state index in [0.29, 0.717) is 0 Å². The van der Waals surface area contributed by atoms with Crippen molar-refractivity contribution in [3.8, 4) is 0 Å². The van der Waals surface area contributed by atoms with E-state index in [1.165, 1.54) is 385 Å². The minimum absolute atomic E-state index is 0.160. The predicted octanol–water partition coefficient (Wildman–Crippen LogP) is 28.1. The molecule has 0 amide bonds. The SMILES string of the molecule is CCCCCCCCCCCc1cc(CCCCCCCCCCC)c([S+](c2ccccc2)c2c(CCCCCCCCCCC)cc(CCCCCCCCCCC)cc2CCCCCCCCCCC)c(CCCCCCCCCCC)c1.O=C([O-])O. The molecule has 512 valence electrons. The van der Waals surface area contributed by atoms with E-state index in [-0.39, 0.29) is 10.9 Å². The highest BCUT2D eigenvalue weighted by Gasteiger charge is 2.38.